The highest BCUT2D eigenvalue weighted by molar-refractivity contribution is 5.91. The van der Waals surface area contributed by atoms with Crippen LogP contribution >= 0.6 is 0 Å². The van der Waals surface area contributed by atoms with E-state index in [1.807, 2.05) is 0 Å². The smallest absolute Gasteiger partial charge is 0.331 e. The van der Waals surface area contributed by atoms with Crippen LogP contribution in [-0.2, 0) is 9.59 Å². The fourth-order valence-electron chi connectivity index (χ4n) is 0.258. The van der Waals surface area contributed by atoms with Crippen LogP contribution in [0.5, 0.6) is 0 Å². The highest BCUT2D eigenvalue weighted by atomic mass is 16.4. The van der Waals surface area contributed by atoms with Crippen LogP contribution in [0.15, 0.2) is 12.2 Å². The fraction of sp³-hybridized carbons (Fsp3) is 0.500. The maximum absolute atomic E-state index is 9.87. The van der Waals surface area contributed by atoms with E-state index >= 15 is 0 Å². The summed E-state index contributed by atoms with van der Waals surface area (Å²) in [6.07, 6.45) is -1.06. The standard InChI is InChI=1S/C5H6O4.C3H8O2/c1-3(5(8)9)2-4(6)7;1-3(5)2-4/h1-2H2,(H,6,7)(H,8,9);3-5H,2H2,1H3. The lowest BCUT2D eigenvalue weighted by Crippen LogP contribution is -2.04. The molecule has 0 bridgehead atoms. The van der Waals surface area contributed by atoms with Gasteiger partial charge in [0.05, 0.1) is 19.1 Å². The van der Waals surface area contributed by atoms with Gasteiger partial charge in [-0.25, -0.2) is 4.79 Å². The van der Waals surface area contributed by atoms with Gasteiger partial charge in [-0.2, -0.15) is 0 Å². The summed E-state index contributed by atoms with van der Waals surface area (Å²) in [5.41, 5.74) is -0.303. The Bertz CT molecular complexity index is 208. The zero-order chi connectivity index (χ0) is 11.7. The van der Waals surface area contributed by atoms with Crippen molar-refractivity contribution in [1.82, 2.24) is 0 Å². The molecule has 0 fully saturated rings. The third-order valence-corrected chi connectivity index (χ3v) is 0.931. The van der Waals surface area contributed by atoms with E-state index in [0.29, 0.717) is 0 Å². The van der Waals surface area contributed by atoms with E-state index < -0.39 is 24.5 Å². The summed E-state index contributed by atoms with van der Waals surface area (Å²) in [6.45, 7) is 4.40. The highest BCUT2D eigenvalue weighted by Crippen LogP contribution is 1.95. The molecule has 0 heterocycles. The van der Waals surface area contributed by atoms with Gasteiger partial charge in [0.1, 0.15) is 0 Å². The largest absolute Gasteiger partial charge is 0.481 e. The van der Waals surface area contributed by atoms with Gasteiger partial charge in [0.25, 0.3) is 0 Å². The molecule has 6 heteroatoms. The van der Waals surface area contributed by atoms with Crippen molar-refractivity contribution < 1.29 is 30.0 Å². The fourth-order valence-corrected chi connectivity index (χ4v) is 0.258. The first-order valence-corrected chi connectivity index (χ1v) is 3.73. The normalized spacial score (nSPS) is 10.8. The molecule has 0 aromatic rings. The summed E-state index contributed by atoms with van der Waals surface area (Å²) in [5.74, 6) is -2.44. The molecule has 0 aliphatic rings. The molecule has 0 saturated heterocycles. The molecule has 0 aromatic heterocycles. The van der Waals surface area contributed by atoms with Gasteiger partial charge < -0.3 is 20.4 Å². The van der Waals surface area contributed by atoms with Crippen LogP contribution in [0, 0.1) is 0 Å². The van der Waals surface area contributed by atoms with Gasteiger partial charge in [-0.05, 0) is 6.92 Å². The van der Waals surface area contributed by atoms with Crippen molar-refractivity contribution in [3.05, 3.63) is 12.2 Å². The van der Waals surface area contributed by atoms with Gasteiger partial charge in [0.2, 0.25) is 0 Å². The monoisotopic (exact) mass is 206 g/mol. The lowest BCUT2D eigenvalue weighted by molar-refractivity contribution is -0.139. The third-order valence-electron chi connectivity index (χ3n) is 0.931. The van der Waals surface area contributed by atoms with Crippen LogP contribution in [0.4, 0.5) is 0 Å². The van der Waals surface area contributed by atoms with E-state index in [4.69, 9.17) is 20.4 Å². The number of aliphatic hydroxyl groups excluding tert-OH is 2. The Morgan fingerprint density at radius 1 is 1.36 bits per heavy atom. The molecule has 0 aliphatic carbocycles. The Morgan fingerprint density at radius 2 is 1.71 bits per heavy atom. The molecular weight excluding hydrogens is 192 g/mol. The third kappa shape index (κ3) is 13.2. The second-order valence-corrected chi connectivity index (χ2v) is 2.51. The Morgan fingerprint density at radius 3 is 1.79 bits per heavy atom. The average molecular weight is 206 g/mol. The lowest BCUT2D eigenvalue weighted by atomic mass is 10.2. The quantitative estimate of drug-likeness (QED) is 0.459. The summed E-state index contributed by atoms with van der Waals surface area (Å²) in [7, 11) is 0. The zero-order valence-electron chi connectivity index (χ0n) is 7.80. The predicted molar refractivity (Wildman–Crippen MR) is 47.8 cm³/mol. The predicted octanol–water partition coefficient (Wildman–Crippen LogP) is -0.539. The minimum atomic E-state index is -1.27. The summed E-state index contributed by atoms with van der Waals surface area (Å²) in [6, 6.07) is 0. The number of rotatable bonds is 4. The molecule has 1 unspecified atom stereocenters. The molecule has 14 heavy (non-hydrogen) atoms. The van der Waals surface area contributed by atoms with E-state index in [1.165, 1.54) is 6.92 Å². The van der Waals surface area contributed by atoms with Crippen molar-refractivity contribution in [3.8, 4) is 0 Å². The van der Waals surface area contributed by atoms with Crippen molar-refractivity contribution >= 4 is 11.9 Å². The first-order valence-electron chi connectivity index (χ1n) is 3.73. The zero-order valence-corrected chi connectivity index (χ0v) is 7.80. The Hall–Kier alpha value is -1.40. The number of carboxylic acid groups (broad SMARTS) is 2. The maximum atomic E-state index is 9.87. The minimum absolute atomic E-state index is 0.139. The van der Waals surface area contributed by atoms with Gasteiger partial charge in [-0.3, -0.25) is 4.79 Å². The number of hydrogen-bond acceptors (Lipinski definition) is 4. The number of aliphatic hydroxyl groups is 2. The summed E-state index contributed by atoms with van der Waals surface area (Å²) in [4.78, 5) is 19.7. The van der Waals surface area contributed by atoms with Gasteiger partial charge in [0, 0.05) is 5.57 Å². The molecule has 82 valence electrons. The second kappa shape index (κ2) is 8.21. The molecule has 0 aliphatic heterocycles. The van der Waals surface area contributed by atoms with Gasteiger partial charge >= 0.3 is 11.9 Å². The molecule has 0 radical (unpaired) electrons. The number of hydrogen-bond donors (Lipinski definition) is 4. The van der Waals surface area contributed by atoms with E-state index in [9.17, 15) is 9.59 Å². The molecular formula is C8H14O6. The van der Waals surface area contributed by atoms with E-state index in [-0.39, 0.29) is 12.2 Å². The van der Waals surface area contributed by atoms with Gasteiger partial charge in [-0.15, -0.1) is 0 Å². The minimum Gasteiger partial charge on any atom is -0.481 e. The van der Waals surface area contributed by atoms with Crippen molar-refractivity contribution in [2.75, 3.05) is 6.61 Å². The second-order valence-electron chi connectivity index (χ2n) is 2.51. The number of carboxylic acids is 2. The molecule has 0 saturated carbocycles. The number of aliphatic carboxylic acids is 2. The van der Waals surface area contributed by atoms with Crippen LogP contribution in [0.1, 0.15) is 13.3 Å². The maximum Gasteiger partial charge on any atom is 0.331 e. The Labute approximate surface area is 81.1 Å². The van der Waals surface area contributed by atoms with E-state index in [2.05, 4.69) is 6.58 Å². The summed E-state index contributed by atoms with van der Waals surface area (Å²) < 4.78 is 0. The number of carbonyl (C=O) groups is 2. The molecule has 0 aromatic carbocycles. The van der Waals surface area contributed by atoms with Crippen LogP contribution in [0.3, 0.4) is 0 Å². The van der Waals surface area contributed by atoms with Crippen molar-refractivity contribution in [2.45, 2.75) is 19.4 Å². The van der Waals surface area contributed by atoms with Gasteiger partial charge in [0.15, 0.2) is 0 Å². The van der Waals surface area contributed by atoms with Gasteiger partial charge in [-0.1, -0.05) is 6.58 Å². The lowest BCUT2D eigenvalue weighted by Gasteiger charge is -1.91. The molecule has 6 nitrogen and oxygen atoms in total. The highest BCUT2D eigenvalue weighted by Gasteiger charge is 2.07. The first-order chi connectivity index (χ1) is 6.31. The molecule has 4 N–H and O–H groups in total. The van der Waals surface area contributed by atoms with Crippen molar-refractivity contribution in [1.29, 1.82) is 0 Å². The summed E-state index contributed by atoms with van der Waals surface area (Å²) >= 11 is 0. The Kier molecular flexibility index (Phi) is 8.85. The topological polar surface area (TPSA) is 115 Å². The molecule has 0 amide bonds. The van der Waals surface area contributed by atoms with E-state index in [0.717, 1.165) is 0 Å². The van der Waals surface area contributed by atoms with Crippen LogP contribution < -0.4 is 0 Å². The average Bonchev–Trinajstić information content (AvgIpc) is 2.04. The van der Waals surface area contributed by atoms with Crippen LogP contribution in [0.2, 0.25) is 0 Å². The van der Waals surface area contributed by atoms with Crippen LogP contribution in [0.25, 0.3) is 0 Å². The van der Waals surface area contributed by atoms with Crippen molar-refractivity contribution in [3.63, 3.8) is 0 Å². The SMILES string of the molecule is C=C(CC(=O)O)C(=O)O.CC(O)CO. The van der Waals surface area contributed by atoms with E-state index in [1.54, 1.807) is 0 Å². The Balaban J connectivity index is 0. The molecule has 1 atom stereocenters. The molecule has 0 rings (SSSR count). The molecule has 0 spiro atoms. The summed E-state index contributed by atoms with van der Waals surface area (Å²) in [5, 5.41) is 32.1. The first kappa shape index (κ1) is 15.1. The van der Waals surface area contributed by atoms with Crippen LogP contribution in [-0.4, -0.2) is 45.1 Å². The van der Waals surface area contributed by atoms with Crippen molar-refractivity contribution in [2.24, 2.45) is 0 Å².